The van der Waals surface area contributed by atoms with Crippen LogP contribution in [0.4, 0.5) is 0 Å². The highest BCUT2D eigenvalue weighted by molar-refractivity contribution is 6.30. The van der Waals surface area contributed by atoms with Crippen molar-refractivity contribution in [2.75, 3.05) is 32.8 Å². The molecule has 1 aliphatic heterocycles. The van der Waals surface area contributed by atoms with Gasteiger partial charge in [0.1, 0.15) is 11.6 Å². The standard InChI is InChI=1S/C21H22ClN5O3/c1-2-30-21(29)18(15-4-6-16(22)7-5-15)25-10-12-26(13-11-25)20(28)17-14-24-27-9-3-8-23-19(17)27/h3-9,14,18H,2,10-13H2,1H3. The Morgan fingerprint density at radius 2 is 1.90 bits per heavy atom. The maximum absolute atomic E-state index is 13.0. The zero-order valence-corrected chi connectivity index (χ0v) is 17.3. The lowest BCUT2D eigenvalue weighted by molar-refractivity contribution is -0.150. The molecule has 0 spiro atoms. The summed E-state index contributed by atoms with van der Waals surface area (Å²) in [6.07, 6.45) is 4.95. The molecule has 9 heteroatoms. The van der Waals surface area contributed by atoms with Crippen molar-refractivity contribution in [3.63, 3.8) is 0 Å². The summed E-state index contributed by atoms with van der Waals surface area (Å²) in [7, 11) is 0. The second-order valence-corrected chi connectivity index (χ2v) is 7.42. The number of hydrogen-bond donors (Lipinski definition) is 0. The van der Waals surface area contributed by atoms with Crippen LogP contribution in [0.1, 0.15) is 28.9 Å². The Morgan fingerprint density at radius 3 is 2.60 bits per heavy atom. The lowest BCUT2D eigenvalue weighted by Gasteiger charge is -2.38. The van der Waals surface area contributed by atoms with Crippen LogP contribution in [-0.4, -0.2) is 69.1 Å². The summed E-state index contributed by atoms with van der Waals surface area (Å²) in [6, 6.07) is 8.44. The van der Waals surface area contributed by atoms with Crippen LogP contribution in [0.3, 0.4) is 0 Å². The topological polar surface area (TPSA) is 80.0 Å². The van der Waals surface area contributed by atoms with Crippen LogP contribution in [0.15, 0.2) is 48.9 Å². The SMILES string of the molecule is CCOC(=O)C(c1ccc(Cl)cc1)N1CCN(C(=O)c2cnn3cccnc23)CC1. The Morgan fingerprint density at radius 1 is 1.17 bits per heavy atom. The van der Waals surface area contributed by atoms with Gasteiger partial charge in [-0.1, -0.05) is 23.7 Å². The number of amides is 1. The van der Waals surface area contributed by atoms with Gasteiger partial charge in [-0.05, 0) is 30.7 Å². The normalized spacial score (nSPS) is 15.9. The van der Waals surface area contributed by atoms with E-state index in [9.17, 15) is 9.59 Å². The van der Waals surface area contributed by atoms with Gasteiger partial charge in [0.25, 0.3) is 5.91 Å². The van der Waals surface area contributed by atoms with Crippen LogP contribution in [0, 0.1) is 0 Å². The summed E-state index contributed by atoms with van der Waals surface area (Å²) in [5.41, 5.74) is 1.84. The fraction of sp³-hybridized carbons (Fsp3) is 0.333. The highest BCUT2D eigenvalue weighted by Crippen LogP contribution is 2.26. The Kier molecular flexibility index (Phi) is 5.96. The Balaban J connectivity index is 1.49. The predicted molar refractivity (Wildman–Crippen MR) is 111 cm³/mol. The third-order valence-corrected chi connectivity index (χ3v) is 5.42. The van der Waals surface area contributed by atoms with E-state index >= 15 is 0 Å². The van der Waals surface area contributed by atoms with Crippen molar-refractivity contribution in [3.05, 3.63) is 65.1 Å². The van der Waals surface area contributed by atoms with Crippen LogP contribution in [0.2, 0.25) is 5.02 Å². The van der Waals surface area contributed by atoms with E-state index in [-0.39, 0.29) is 11.9 Å². The smallest absolute Gasteiger partial charge is 0.328 e. The zero-order valence-electron chi connectivity index (χ0n) is 16.6. The molecule has 4 rings (SSSR count). The number of fused-ring (bicyclic) bond motifs is 1. The first-order valence-corrected chi connectivity index (χ1v) is 10.2. The number of hydrogen-bond acceptors (Lipinski definition) is 6. The highest BCUT2D eigenvalue weighted by atomic mass is 35.5. The van der Waals surface area contributed by atoms with E-state index in [4.69, 9.17) is 16.3 Å². The number of piperazine rings is 1. The molecule has 156 valence electrons. The first-order valence-electron chi connectivity index (χ1n) is 9.82. The van der Waals surface area contributed by atoms with Crippen molar-refractivity contribution in [2.24, 2.45) is 0 Å². The largest absolute Gasteiger partial charge is 0.465 e. The van der Waals surface area contributed by atoms with Gasteiger partial charge < -0.3 is 9.64 Å². The van der Waals surface area contributed by atoms with Crippen molar-refractivity contribution >= 4 is 29.1 Å². The predicted octanol–water partition coefficient (Wildman–Crippen LogP) is 2.44. The molecule has 2 aromatic heterocycles. The molecule has 1 aromatic carbocycles. The van der Waals surface area contributed by atoms with E-state index < -0.39 is 6.04 Å². The molecule has 8 nitrogen and oxygen atoms in total. The second kappa shape index (κ2) is 8.81. The lowest BCUT2D eigenvalue weighted by atomic mass is 10.0. The molecule has 1 fully saturated rings. The quantitative estimate of drug-likeness (QED) is 0.582. The average Bonchev–Trinajstić information content (AvgIpc) is 3.20. The minimum atomic E-state index is -0.530. The van der Waals surface area contributed by atoms with E-state index in [0.29, 0.717) is 49.0 Å². The summed E-state index contributed by atoms with van der Waals surface area (Å²) in [5, 5.41) is 4.80. The van der Waals surface area contributed by atoms with Crippen LogP contribution in [0.25, 0.3) is 5.65 Å². The second-order valence-electron chi connectivity index (χ2n) is 6.98. The summed E-state index contributed by atoms with van der Waals surface area (Å²) >= 11 is 6.00. The molecule has 3 aromatic rings. The average molecular weight is 428 g/mol. The number of esters is 1. The molecular formula is C21H22ClN5O3. The maximum Gasteiger partial charge on any atom is 0.328 e. The molecule has 0 bridgehead atoms. The molecule has 30 heavy (non-hydrogen) atoms. The number of halogens is 1. The summed E-state index contributed by atoms with van der Waals surface area (Å²) in [4.78, 5) is 33.8. The van der Waals surface area contributed by atoms with Crippen molar-refractivity contribution in [2.45, 2.75) is 13.0 Å². The van der Waals surface area contributed by atoms with Crippen molar-refractivity contribution in [3.8, 4) is 0 Å². The van der Waals surface area contributed by atoms with E-state index in [1.807, 2.05) is 17.0 Å². The zero-order chi connectivity index (χ0) is 21.1. The monoisotopic (exact) mass is 427 g/mol. The van der Waals surface area contributed by atoms with Gasteiger partial charge in [-0.2, -0.15) is 5.10 Å². The van der Waals surface area contributed by atoms with Crippen LogP contribution < -0.4 is 0 Å². The molecule has 0 N–H and O–H groups in total. The van der Waals surface area contributed by atoms with Gasteiger partial charge in [0.05, 0.1) is 12.8 Å². The summed E-state index contributed by atoms with van der Waals surface area (Å²) in [6.45, 7) is 4.18. The summed E-state index contributed by atoms with van der Waals surface area (Å²) < 4.78 is 6.89. The van der Waals surface area contributed by atoms with Gasteiger partial charge >= 0.3 is 5.97 Å². The first-order chi connectivity index (χ1) is 14.6. The Labute approximate surface area is 179 Å². The molecule has 1 saturated heterocycles. The van der Waals surface area contributed by atoms with Crippen molar-refractivity contribution < 1.29 is 14.3 Å². The van der Waals surface area contributed by atoms with E-state index in [1.54, 1.807) is 53.1 Å². The number of benzene rings is 1. The van der Waals surface area contributed by atoms with Gasteiger partial charge in [-0.15, -0.1) is 0 Å². The molecule has 0 aliphatic carbocycles. The van der Waals surface area contributed by atoms with Gasteiger partial charge in [0.15, 0.2) is 5.65 Å². The lowest BCUT2D eigenvalue weighted by Crippen LogP contribution is -2.51. The van der Waals surface area contributed by atoms with Crippen LogP contribution in [0.5, 0.6) is 0 Å². The first kappa shape index (κ1) is 20.3. The number of aromatic nitrogens is 3. The Hall–Kier alpha value is -2.97. The van der Waals surface area contributed by atoms with E-state index in [2.05, 4.69) is 10.1 Å². The van der Waals surface area contributed by atoms with Gasteiger partial charge in [-0.3, -0.25) is 9.69 Å². The minimum Gasteiger partial charge on any atom is -0.465 e. The molecule has 1 unspecified atom stereocenters. The molecule has 1 atom stereocenters. The van der Waals surface area contributed by atoms with Crippen molar-refractivity contribution in [1.29, 1.82) is 0 Å². The van der Waals surface area contributed by atoms with Crippen molar-refractivity contribution in [1.82, 2.24) is 24.4 Å². The van der Waals surface area contributed by atoms with Gasteiger partial charge in [0, 0.05) is 43.6 Å². The molecule has 1 aliphatic rings. The van der Waals surface area contributed by atoms with Gasteiger partial charge in [0.2, 0.25) is 0 Å². The number of rotatable bonds is 5. The van der Waals surface area contributed by atoms with E-state index in [0.717, 1.165) is 5.56 Å². The molecule has 0 saturated carbocycles. The minimum absolute atomic E-state index is 0.109. The molecule has 0 radical (unpaired) electrons. The number of carbonyl (C=O) groups is 2. The number of nitrogens with zero attached hydrogens (tertiary/aromatic N) is 5. The summed E-state index contributed by atoms with van der Waals surface area (Å²) in [5.74, 6) is -0.408. The number of ether oxygens (including phenoxy) is 1. The molecular weight excluding hydrogens is 406 g/mol. The molecule has 3 heterocycles. The fourth-order valence-corrected chi connectivity index (χ4v) is 3.82. The van der Waals surface area contributed by atoms with Crippen LogP contribution >= 0.6 is 11.6 Å². The van der Waals surface area contributed by atoms with Crippen LogP contribution in [-0.2, 0) is 9.53 Å². The Bertz CT molecular complexity index is 1040. The third kappa shape index (κ3) is 4.01. The van der Waals surface area contributed by atoms with Gasteiger partial charge in [-0.25, -0.2) is 14.3 Å². The maximum atomic E-state index is 13.0. The van der Waals surface area contributed by atoms with E-state index in [1.165, 1.54) is 0 Å². The third-order valence-electron chi connectivity index (χ3n) is 5.17. The highest BCUT2D eigenvalue weighted by Gasteiger charge is 2.33. The molecule has 1 amide bonds. The number of carbonyl (C=O) groups excluding carboxylic acids is 2. The fourth-order valence-electron chi connectivity index (χ4n) is 3.69.